The summed E-state index contributed by atoms with van der Waals surface area (Å²) in [6.07, 6.45) is 4.31. The maximum atomic E-state index is 11.7. The number of allylic oxidation sites excluding steroid dienone is 3. The van der Waals surface area contributed by atoms with E-state index < -0.39 is 5.97 Å². The Labute approximate surface area is 100 Å². The van der Waals surface area contributed by atoms with Crippen LogP contribution in [0, 0.1) is 0 Å². The largest absolute Gasteiger partial charge is 0.466 e. The highest BCUT2D eigenvalue weighted by molar-refractivity contribution is 6.05. The van der Waals surface area contributed by atoms with Gasteiger partial charge in [-0.15, -0.1) is 0 Å². The van der Waals surface area contributed by atoms with Crippen molar-refractivity contribution in [1.29, 1.82) is 0 Å². The first-order chi connectivity index (χ1) is 8.13. The van der Waals surface area contributed by atoms with Crippen molar-refractivity contribution in [3.05, 3.63) is 59.7 Å². The van der Waals surface area contributed by atoms with Gasteiger partial charge in [0, 0.05) is 11.6 Å². The molecule has 1 rings (SSSR count). The smallest absolute Gasteiger partial charge is 0.330 e. The van der Waals surface area contributed by atoms with Crippen molar-refractivity contribution in [3.8, 4) is 0 Å². The molecule has 0 aromatic heterocycles. The van der Waals surface area contributed by atoms with Gasteiger partial charge in [0.25, 0.3) is 0 Å². The van der Waals surface area contributed by atoms with Crippen molar-refractivity contribution in [2.24, 2.45) is 0 Å². The molecule has 0 fully saturated rings. The quantitative estimate of drug-likeness (QED) is 0.345. The molecule has 0 amide bonds. The van der Waals surface area contributed by atoms with Gasteiger partial charge in [-0.2, -0.15) is 0 Å². The van der Waals surface area contributed by atoms with Crippen molar-refractivity contribution < 1.29 is 14.3 Å². The van der Waals surface area contributed by atoms with Crippen LogP contribution < -0.4 is 0 Å². The number of ether oxygens (including phenoxy) is 1. The van der Waals surface area contributed by atoms with E-state index in [9.17, 15) is 9.59 Å². The molecule has 0 aliphatic heterocycles. The summed E-state index contributed by atoms with van der Waals surface area (Å²) in [5.74, 6) is -0.525. The summed E-state index contributed by atoms with van der Waals surface area (Å²) in [5.41, 5.74) is 1.32. The molecule has 0 aliphatic rings. The van der Waals surface area contributed by atoms with E-state index in [1.54, 1.807) is 37.3 Å². The van der Waals surface area contributed by atoms with Gasteiger partial charge in [-0.3, -0.25) is 4.79 Å². The number of methoxy groups -OCH3 is 1. The van der Waals surface area contributed by atoms with Crippen molar-refractivity contribution >= 4 is 11.8 Å². The molecule has 1 aromatic carbocycles. The zero-order chi connectivity index (χ0) is 12.7. The highest BCUT2D eigenvalue weighted by Crippen LogP contribution is 2.04. The number of carbonyl (C=O) groups excluding carboxylic acids is 2. The van der Waals surface area contributed by atoms with E-state index in [1.165, 1.54) is 19.3 Å². The van der Waals surface area contributed by atoms with E-state index in [2.05, 4.69) is 4.74 Å². The molecular formula is C14H14O3. The van der Waals surface area contributed by atoms with Gasteiger partial charge in [-0.25, -0.2) is 4.79 Å². The molecule has 0 unspecified atom stereocenters. The Bertz CT molecular complexity index is 456. The molecule has 1 aromatic rings. The Morgan fingerprint density at radius 2 is 1.76 bits per heavy atom. The number of ketones is 1. The minimum Gasteiger partial charge on any atom is -0.466 e. The summed E-state index contributed by atoms with van der Waals surface area (Å²) in [5, 5.41) is 0. The van der Waals surface area contributed by atoms with Crippen LogP contribution in [0.15, 0.2) is 54.1 Å². The lowest BCUT2D eigenvalue weighted by molar-refractivity contribution is -0.134. The predicted molar refractivity (Wildman–Crippen MR) is 65.7 cm³/mol. The average Bonchev–Trinajstić information content (AvgIpc) is 2.36. The summed E-state index contributed by atoms with van der Waals surface area (Å²) in [4.78, 5) is 22.6. The highest BCUT2D eigenvalue weighted by atomic mass is 16.5. The van der Waals surface area contributed by atoms with Crippen LogP contribution >= 0.6 is 0 Å². The number of rotatable bonds is 4. The third kappa shape index (κ3) is 4.47. The molecule has 0 bridgehead atoms. The zero-order valence-electron chi connectivity index (χ0n) is 9.84. The zero-order valence-corrected chi connectivity index (χ0v) is 9.84. The van der Waals surface area contributed by atoms with Crippen LogP contribution in [0.1, 0.15) is 17.3 Å². The summed E-state index contributed by atoms with van der Waals surface area (Å²) in [7, 11) is 1.31. The molecule has 0 N–H and O–H groups in total. The molecule has 17 heavy (non-hydrogen) atoms. The van der Waals surface area contributed by atoms with Gasteiger partial charge < -0.3 is 4.74 Å². The Hall–Kier alpha value is -2.16. The number of benzene rings is 1. The molecule has 3 heteroatoms. The molecule has 3 nitrogen and oxygen atoms in total. The molecule has 0 atom stereocenters. The number of hydrogen-bond donors (Lipinski definition) is 0. The minimum absolute atomic E-state index is 0.0855. The van der Waals surface area contributed by atoms with Crippen molar-refractivity contribution in [2.45, 2.75) is 6.92 Å². The van der Waals surface area contributed by atoms with Crippen LogP contribution in [0.25, 0.3) is 0 Å². The summed E-state index contributed by atoms with van der Waals surface area (Å²) in [6.45, 7) is 1.75. The molecular weight excluding hydrogens is 216 g/mol. The third-order valence-electron chi connectivity index (χ3n) is 2.10. The topological polar surface area (TPSA) is 43.4 Å². The fourth-order valence-electron chi connectivity index (χ4n) is 1.21. The summed E-state index contributed by atoms with van der Waals surface area (Å²) < 4.78 is 4.45. The first kappa shape index (κ1) is 12.9. The SMILES string of the molecule is COC(=O)/C=C/C(C)=C/C(=O)c1ccccc1. The fraction of sp³-hybridized carbons (Fsp3) is 0.143. The monoisotopic (exact) mass is 230 g/mol. The Balaban J connectivity index is 2.73. The number of esters is 1. The molecule has 0 aliphatic carbocycles. The maximum absolute atomic E-state index is 11.7. The maximum Gasteiger partial charge on any atom is 0.330 e. The molecule has 0 saturated heterocycles. The van der Waals surface area contributed by atoms with Gasteiger partial charge in [-0.1, -0.05) is 36.4 Å². The van der Waals surface area contributed by atoms with Gasteiger partial charge >= 0.3 is 5.97 Å². The summed E-state index contributed by atoms with van der Waals surface area (Å²) in [6, 6.07) is 8.96. The lowest BCUT2D eigenvalue weighted by Gasteiger charge is -1.96. The molecule has 0 spiro atoms. The van der Waals surface area contributed by atoms with Crippen molar-refractivity contribution in [1.82, 2.24) is 0 Å². The Morgan fingerprint density at radius 1 is 1.12 bits per heavy atom. The van der Waals surface area contributed by atoms with E-state index in [-0.39, 0.29) is 5.78 Å². The first-order valence-corrected chi connectivity index (χ1v) is 5.17. The van der Waals surface area contributed by atoms with E-state index in [1.807, 2.05) is 6.07 Å². The predicted octanol–water partition coefficient (Wildman–Crippen LogP) is 2.54. The Morgan fingerprint density at radius 3 is 2.35 bits per heavy atom. The van der Waals surface area contributed by atoms with Crippen LogP contribution in [0.4, 0.5) is 0 Å². The van der Waals surface area contributed by atoms with E-state index in [4.69, 9.17) is 0 Å². The van der Waals surface area contributed by atoms with Crippen molar-refractivity contribution in [3.63, 3.8) is 0 Å². The first-order valence-electron chi connectivity index (χ1n) is 5.17. The number of carbonyl (C=O) groups is 2. The van der Waals surface area contributed by atoms with Gasteiger partial charge in [0.05, 0.1) is 7.11 Å². The Kier molecular flexibility index (Phi) is 4.88. The van der Waals surface area contributed by atoms with Crippen LogP contribution in [0.3, 0.4) is 0 Å². The van der Waals surface area contributed by atoms with Gasteiger partial charge in [0.2, 0.25) is 0 Å². The van der Waals surface area contributed by atoms with Crippen molar-refractivity contribution in [2.75, 3.05) is 7.11 Å². The van der Waals surface area contributed by atoms with Gasteiger partial charge in [0.15, 0.2) is 5.78 Å². The van der Waals surface area contributed by atoms with E-state index in [0.717, 1.165) is 0 Å². The van der Waals surface area contributed by atoms with Crippen LogP contribution in [0.2, 0.25) is 0 Å². The lowest BCUT2D eigenvalue weighted by Crippen LogP contribution is -1.96. The number of hydrogen-bond acceptors (Lipinski definition) is 3. The average molecular weight is 230 g/mol. The highest BCUT2D eigenvalue weighted by Gasteiger charge is 2.00. The molecule has 0 heterocycles. The standard InChI is InChI=1S/C14H14O3/c1-11(8-9-14(16)17-2)10-13(15)12-6-4-3-5-7-12/h3-10H,1-2H3/b9-8+,11-10+. The second-order valence-electron chi connectivity index (χ2n) is 3.48. The summed E-state index contributed by atoms with van der Waals surface area (Å²) >= 11 is 0. The minimum atomic E-state index is -0.440. The lowest BCUT2D eigenvalue weighted by atomic mass is 10.1. The van der Waals surface area contributed by atoms with Crippen LogP contribution in [-0.2, 0) is 9.53 Å². The van der Waals surface area contributed by atoms with Crippen LogP contribution in [-0.4, -0.2) is 18.9 Å². The molecule has 88 valence electrons. The second kappa shape index (κ2) is 6.43. The third-order valence-corrected chi connectivity index (χ3v) is 2.10. The van der Waals surface area contributed by atoms with E-state index >= 15 is 0 Å². The van der Waals surface area contributed by atoms with Gasteiger partial charge in [-0.05, 0) is 18.6 Å². The normalized spacial score (nSPS) is 11.5. The van der Waals surface area contributed by atoms with Crippen LogP contribution in [0.5, 0.6) is 0 Å². The molecule has 0 saturated carbocycles. The molecule has 0 radical (unpaired) electrons. The van der Waals surface area contributed by atoms with E-state index in [0.29, 0.717) is 11.1 Å². The second-order valence-corrected chi connectivity index (χ2v) is 3.48. The van der Waals surface area contributed by atoms with Gasteiger partial charge in [0.1, 0.15) is 0 Å². The fourth-order valence-corrected chi connectivity index (χ4v) is 1.21.